The largest absolute Gasteiger partial charge is 0.390 e. The standard InChI is InChI=1S/C38H48F2N6O5S2/c1-23(2)21-46(53(50,51)28-11-12-29-32(19-28)52-36(41)44-29)22-31(47)30(15-24-9-7-6-8-10-24)43-35(49)34(37(3,4)5)45-33(48)20-42-38(13-14-38)25-16-26(39)18-27(40)17-25/h6-12,16-19,23,30-31,34,42,47H,13-15,20-22H2,1-5H3,(H2,41,44)(H,43,49)(H,45,48)/t30-,31+,34?/m0/s1. The van der Waals surface area contributed by atoms with Gasteiger partial charge in [-0.15, -0.1) is 0 Å². The van der Waals surface area contributed by atoms with Crippen LogP contribution in [0.3, 0.4) is 0 Å². The van der Waals surface area contributed by atoms with Gasteiger partial charge >= 0.3 is 0 Å². The van der Waals surface area contributed by atoms with Crippen LogP contribution in [0.15, 0.2) is 71.6 Å². The zero-order chi connectivity index (χ0) is 38.7. The van der Waals surface area contributed by atoms with Crippen LogP contribution in [0.5, 0.6) is 0 Å². The number of carbonyl (C=O) groups excluding carboxylic acids is 2. The number of aliphatic hydroxyl groups is 1. The lowest BCUT2D eigenvalue weighted by molar-refractivity contribution is -0.132. The molecular weight excluding hydrogens is 723 g/mol. The second-order valence-electron chi connectivity index (χ2n) is 15.2. The second kappa shape index (κ2) is 16.1. The molecule has 4 aromatic rings. The predicted octanol–water partition coefficient (Wildman–Crippen LogP) is 4.70. The highest BCUT2D eigenvalue weighted by Crippen LogP contribution is 2.45. The number of anilines is 1. The quantitative estimate of drug-likeness (QED) is 0.109. The first kappa shape index (κ1) is 40.2. The number of hydrogen-bond acceptors (Lipinski definition) is 9. The third-order valence-electron chi connectivity index (χ3n) is 9.25. The molecule has 0 aliphatic heterocycles. The van der Waals surface area contributed by atoms with Crippen LogP contribution >= 0.6 is 11.3 Å². The third-order valence-corrected chi connectivity index (χ3v) is 11.9. The van der Waals surface area contributed by atoms with Crippen molar-refractivity contribution >= 4 is 48.5 Å². The lowest BCUT2D eigenvalue weighted by atomic mass is 9.85. The highest BCUT2D eigenvalue weighted by Gasteiger charge is 2.45. The number of thiazole rings is 1. The normalized spacial score (nSPS) is 16.0. The maximum absolute atomic E-state index is 14.1. The molecule has 0 saturated heterocycles. The number of nitrogens with zero attached hydrogens (tertiary/aromatic N) is 2. The zero-order valence-corrected chi connectivity index (χ0v) is 32.2. The highest BCUT2D eigenvalue weighted by atomic mass is 32.2. The molecular formula is C38H48F2N6O5S2. The topological polar surface area (TPSA) is 167 Å². The number of aliphatic hydroxyl groups excluding tert-OH is 1. The van der Waals surface area contributed by atoms with Crippen LogP contribution in [0.4, 0.5) is 13.9 Å². The van der Waals surface area contributed by atoms with Crippen molar-refractivity contribution in [3.05, 3.63) is 89.5 Å². The van der Waals surface area contributed by atoms with Crippen molar-refractivity contribution in [2.75, 3.05) is 25.4 Å². The molecule has 286 valence electrons. The van der Waals surface area contributed by atoms with Gasteiger partial charge in [0.2, 0.25) is 21.8 Å². The molecule has 5 rings (SSSR count). The van der Waals surface area contributed by atoms with Gasteiger partial charge in [0.25, 0.3) is 0 Å². The van der Waals surface area contributed by atoms with E-state index in [9.17, 15) is 31.9 Å². The predicted molar refractivity (Wildman–Crippen MR) is 202 cm³/mol. The number of sulfonamides is 1. The maximum Gasteiger partial charge on any atom is 0.243 e. The molecule has 0 spiro atoms. The van der Waals surface area contributed by atoms with Gasteiger partial charge in [-0.25, -0.2) is 22.2 Å². The number of rotatable bonds is 16. The van der Waals surface area contributed by atoms with Crippen molar-refractivity contribution in [1.29, 1.82) is 0 Å². The number of halogens is 2. The van der Waals surface area contributed by atoms with Crippen LogP contribution in [0.2, 0.25) is 0 Å². The minimum Gasteiger partial charge on any atom is -0.390 e. The van der Waals surface area contributed by atoms with E-state index in [0.29, 0.717) is 33.8 Å². The fourth-order valence-corrected chi connectivity index (χ4v) is 8.82. The van der Waals surface area contributed by atoms with Gasteiger partial charge in [-0.1, -0.05) is 76.3 Å². The van der Waals surface area contributed by atoms with E-state index in [1.807, 2.05) is 44.2 Å². The second-order valence-corrected chi connectivity index (χ2v) is 18.2. The molecule has 0 bridgehead atoms. The molecule has 1 fully saturated rings. The minimum absolute atomic E-state index is 0.0322. The molecule has 1 aliphatic carbocycles. The van der Waals surface area contributed by atoms with E-state index >= 15 is 0 Å². The van der Waals surface area contributed by atoms with Crippen molar-refractivity contribution < 1.29 is 31.9 Å². The summed E-state index contributed by atoms with van der Waals surface area (Å²) in [7, 11) is -4.11. The van der Waals surface area contributed by atoms with Crippen LogP contribution in [0.25, 0.3) is 10.2 Å². The highest BCUT2D eigenvalue weighted by molar-refractivity contribution is 7.89. The van der Waals surface area contributed by atoms with Crippen molar-refractivity contribution in [1.82, 2.24) is 25.2 Å². The van der Waals surface area contributed by atoms with E-state index in [4.69, 9.17) is 5.73 Å². The summed E-state index contributed by atoms with van der Waals surface area (Å²) in [5.74, 6) is -2.57. The molecule has 1 unspecified atom stereocenters. The summed E-state index contributed by atoms with van der Waals surface area (Å²) in [6, 6.07) is 15.0. The first-order chi connectivity index (χ1) is 24.9. The Bertz CT molecular complexity index is 2010. The van der Waals surface area contributed by atoms with E-state index in [1.165, 1.54) is 39.9 Å². The Morgan fingerprint density at radius 1 is 1.00 bits per heavy atom. The summed E-state index contributed by atoms with van der Waals surface area (Å²) >= 11 is 1.18. The molecule has 1 aliphatic rings. The average Bonchev–Trinajstić information content (AvgIpc) is 3.77. The molecule has 2 amide bonds. The first-order valence-corrected chi connectivity index (χ1v) is 19.8. The van der Waals surface area contributed by atoms with Gasteiger partial charge in [-0.2, -0.15) is 4.31 Å². The van der Waals surface area contributed by atoms with Crippen LogP contribution in [0.1, 0.15) is 58.6 Å². The molecule has 53 heavy (non-hydrogen) atoms. The Morgan fingerprint density at radius 2 is 1.66 bits per heavy atom. The van der Waals surface area contributed by atoms with Gasteiger partial charge < -0.3 is 21.5 Å². The Kier molecular flexibility index (Phi) is 12.2. The Morgan fingerprint density at radius 3 is 2.26 bits per heavy atom. The van der Waals surface area contributed by atoms with E-state index in [-0.39, 0.29) is 36.9 Å². The number of nitrogen functional groups attached to an aromatic ring is 1. The number of amides is 2. The summed E-state index contributed by atoms with van der Waals surface area (Å²) < 4.78 is 57.9. The number of hydrogen-bond donors (Lipinski definition) is 5. The van der Waals surface area contributed by atoms with Gasteiger partial charge in [-0.05, 0) is 72.1 Å². The van der Waals surface area contributed by atoms with Crippen molar-refractivity contribution in [3.8, 4) is 0 Å². The van der Waals surface area contributed by atoms with Gasteiger partial charge in [-0.3, -0.25) is 14.9 Å². The fraction of sp³-hybridized carbons (Fsp3) is 0.447. The number of nitrogens with one attached hydrogen (secondary N) is 3. The zero-order valence-electron chi connectivity index (χ0n) is 30.5. The van der Waals surface area contributed by atoms with E-state index in [0.717, 1.165) is 11.6 Å². The minimum atomic E-state index is -4.11. The summed E-state index contributed by atoms with van der Waals surface area (Å²) in [5.41, 5.74) is 6.11. The third kappa shape index (κ3) is 10.1. The summed E-state index contributed by atoms with van der Waals surface area (Å²) in [4.78, 5) is 31.6. The molecule has 15 heteroatoms. The molecule has 6 N–H and O–H groups in total. The lowest BCUT2D eigenvalue weighted by Gasteiger charge is -2.34. The summed E-state index contributed by atoms with van der Waals surface area (Å²) in [5, 5.41) is 21.0. The van der Waals surface area contributed by atoms with Crippen molar-refractivity contribution in [3.63, 3.8) is 0 Å². The molecule has 11 nitrogen and oxygen atoms in total. The van der Waals surface area contributed by atoms with Gasteiger partial charge in [0.05, 0.1) is 33.8 Å². The molecule has 0 radical (unpaired) electrons. The van der Waals surface area contributed by atoms with Crippen LogP contribution in [0, 0.1) is 23.0 Å². The SMILES string of the molecule is CC(C)CN(C[C@@H](O)[C@H](Cc1ccccc1)NC(=O)C(NC(=O)CNC1(c2cc(F)cc(F)c2)CC1)C(C)(C)C)S(=O)(=O)c1ccc2nc(N)sc2c1. The Hall–Kier alpha value is -4.02. The number of carbonyl (C=O) groups is 2. The Balaban J connectivity index is 1.34. The molecule has 1 saturated carbocycles. The number of benzene rings is 3. The number of fused-ring (bicyclic) bond motifs is 1. The van der Waals surface area contributed by atoms with E-state index in [2.05, 4.69) is 20.9 Å². The van der Waals surface area contributed by atoms with Crippen LogP contribution < -0.4 is 21.7 Å². The average molecular weight is 771 g/mol. The van der Waals surface area contributed by atoms with E-state index in [1.54, 1.807) is 26.8 Å². The smallest absolute Gasteiger partial charge is 0.243 e. The molecule has 1 heterocycles. The molecule has 3 atom stereocenters. The summed E-state index contributed by atoms with van der Waals surface area (Å²) in [6.07, 6.45) is -0.00342. The van der Waals surface area contributed by atoms with Crippen molar-refractivity contribution in [2.24, 2.45) is 11.3 Å². The van der Waals surface area contributed by atoms with Gasteiger partial charge in [0, 0.05) is 24.7 Å². The Labute approximate surface area is 313 Å². The van der Waals surface area contributed by atoms with Gasteiger partial charge in [0.1, 0.15) is 17.7 Å². The lowest BCUT2D eigenvalue weighted by Crippen LogP contribution is -2.59. The van der Waals surface area contributed by atoms with Gasteiger partial charge in [0.15, 0.2) is 5.13 Å². The number of aromatic nitrogens is 1. The first-order valence-electron chi connectivity index (χ1n) is 17.6. The number of nitrogens with two attached hydrogens (primary N) is 1. The van der Waals surface area contributed by atoms with Crippen LogP contribution in [-0.2, 0) is 31.6 Å². The maximum atomic E-state index is 14.1. The van der Waals surface area contributed by atoms with Crippen molar-refractivity contribution in [2.45, 2.75) is 82.5 Å². The molecule has 1 aromatic heterocycles. The summed E-state index contributed by atoms with van der Waals surface area (Å²) in [6.45, 7) is 8.68. The molecule has 3 aromatic carbocycles. The van der Waals surface area contributed by atoms with Crippen LogP contribution in [-0.4, -0.2) is 72.4 Å². The monoisotopic (exact) mass is 770 g/mol. The fourth-order valence-electron chi connectivity index (χ4n) is 6.32. The van der Waals surface area contributed by atoms with E-state index < -0.39 is 62.6 Å².